The first kappa shape index (κ1) is 11.3. The molecule has 1 rings (SSSR count). The Morgan fingerprint density at radius 1 is 1.36 bits per heavy atom. The van der Waals surface area contributed by atoms with E-state index in [0.29, 0.717) is 21.8 Å². The minimum Gasteiger partial charge on any atom is -0.397 e. The molecule has 78 valence electrons. The maximum absolute atomic E-state index is 9.04. The second-order valence-electron chi connectivity index (χ2n) is 2.98. The molecule has 0 radical (unpaired) electrons. The lowest BCUT2D eigenvalue weighted by atomic mass is 10.00. The molecule has 0 amide bonds. The molecule has 0 bridgehead atoms. The monoisotopic (exact) mass is 216 g/mol. The zero-order valence-corrected chi connectivity index (χ0v) is 8.33. The molecule has 0 unspecified atom stereocenters. The normalized spacial score (nSPS) is 12.9. The Balaban J connectivity index is 3.27. The maximum atomic E-state index is 9.04. The fourth-order valence-corrected chi connectivity index (χ4v) is 1.49. The fourth-order valence-electron chi connectivity index (χ4n) is 1.32. The van der Waals surface area contributed by atoms with Crippen molar-refractivity contribution in [3.05, 3.63) is 28.3 Å². The van der Waals surface area contributed by atoms with E-state index >= 15 is 0 Å². The number of halogens is 1. The van der Waals surface area contributed by atoms with E-state index in [1.54, 1.807) is 12.1 Å². The van der Waals surface area contributed by atoms with Gasteiger partial charge >= 0.3 is 0 Å². The van der Waals surface area contributed by atoms with Gasteiger partial charge in [0.15, 0.2) is 0 Å². The molecule has 0 aromatic heterocycles. The standard InChI is InChI=1S/C9H13ClN2O2/c10-6-2-1-5(3-13)8(9(6)12)7(11)4-14/h1-2,7,13-14H,3-4,11-12H2/t7-/m0/s1. The van der Waals surface area contributed by atoms with Gasteiger partial charge in [0.1, 0.15) is 0 Å². The summed E-state index contributed by atoms with van der Waals surface area (Å²) in [6.45, 7) is -0.415. The van der Waals surface area contributed by atoms with Crippen molar-refractivity contribution < 1.29 is 10.2 Å². The highest BCUT2D eigenvalue weighted by Gasteiger charge is 2.15. The zero-order valence-electron chi connectivity index (χ0n) is 7.57. The molecule has 0 aliphatic heterocycles. The Hall–Kier alpha value is -0.810. The largest absolute Gasteiger partial charge is 0.397 e. The molecule has 4 nitrogen and oxygen atoms in total. The average Bonchev–Trinajstić information content (AvgIpc) is 2.20. The van der Waals surface area contributed by atoms with Gasteiger partial charge in [0, 0.05) is 5.56 Å². The van der Waals surface area contributed by atoms with Gasteiger partial charge in [-0.1, -0.05) is 17.7 Å². The SMILES string of the molecule is Nc1c(Cl)ccc(CO)c1[C@@H](N)CO. The van der Waals surface area contributed by atoms with Crippen LogP contribution in [0.15, 0.2) is 12.1 Å². The second kappa shape index (κ2) is 4.61. The Morgan fingerprint density at radius 2 is 2.00 bits per heavy atom. The topological polar surface area (TPSA) is 92.5 Å². The van der Waals surface area contributed by atoms with Gasteiger partial charge in [-0.05, 0) is 11.6 Å². The van der Waals surface area contributed by atoms with Gasteiger partial charge in [0.25, 0.3) is 0 Å². The quantitative estimate of drug-likeness (QED) is 0.551. The van der Waals surface area contributed by atoms with Crippen LogP contribution in [0.25, 0.3) is 0 Å². The highest BCUT2D eigenvalue weighted by molar-refractivity contribution is 6.33. The molecule has 1 atom stereocenters. The first-order chi connectivity index (χ1) is 6.61. The van der Waals surface area contributed by atoms with Gasteiger partial charge in [0.2, 0.25) is 0 Å². The van der Waals surface area contributed by atoms with Crippen LogP contribution in [0.1, 0.15) is 17.2 Å². The van der Waals surface area contributed by atoms with Crippen molar-refractivity contribution in [1.29, 1.82) is 0 Å². The predicted octanol–water partition coefficient (Wildman–Crippen LogP) is 0.407. The van der Waals surface area contributed by atoms with E-state index in [2.05, 4.69) is 0 Å². The van der Waals surface area contributed by atoms with E-state index < -0.39 is 6.04 Å². The van der Waals surface area contributed by atoms with Crippen LogP contribution in [0.3, 0.4) is 0 Å². The van der Waals surface area contributed by atoms with E-state index in [1.165, 1.54) is 0 Å². The summed E-state index contributed by atoms with van der Waals surface area (Å²) in [5.74, 6) is 0. The Kier molecular flexibility index (Phi) is 3.71. The van der Waals surface area contributed by atoms with Crippen molar-refractivity contribution in [1.82, 2.24) is 0 Å². The Morgan fingerprint density at radius 3 is 2.50 bits per heavy atom. The number of hydrogen-bond donors (Lipinski definition) is 4. The van der Waals surface area contributed by atoms with Crippen molar-refractivity contribution in [2.45, 2.75) is 12.6 Å². The number of hydrogen-bond acceptors (Lipinski definition) is 4. The first-order valence-electron chi connectivity index (χ1n) is 4.15. The first-order valence-corrected chi connectivity index (χ1v) is 4.53. The van der Waals surface area contributed by atoms with Gasteiger partial charge in [-0.3, -0.25) is 0 Å². The van der Waals surface area contributed by atoms with Crippen molar-refractivity contribution in [2.24, 2.45) is 5.73 Å². The van der Waals surface area contributed by atoms with Crippen LogP contribution in [0.5, 0.6) is 0 Å². The lowest BCUT2D eigenvalue weighted by Gasteiger charge is -2.16. The number of aliphatic hydroxyl groups excluding tert-OH is 2. The molecule has 1 aromatic carbocycles. The lowest BCUT2D eigenvalue weighted by Crippen LogP contribution is -2.18. The Bertz CT molecular complexity index is 331. The van der Waals surface area contributed by atoms with E-state index in [1.807, 2.05) is 0 Å². The summed E-state index contributed by atoms with van der Waals surface area (Å²) in [6.07, 6.45) is 0. The molecule has 6 N–H and O–H groups in total. The van der Waals surface area contributed by atoms with E-state index in [9.17, 15) is 0 Å². The highest BCUT2D eigenvalue weighted by Crippen LogP contribution is 2.29. The maximum Gasteiger partial charge on any atom is 0.0685 e. The molecule has 0 fully saturated rings. The van der Waals surface area contributed by atoms with Crippen LogP contribution in [0, 0.1) is 0 Å². The molecule has 0 heterocycles. The van der Waals surface area contributed by atoms with Gasteiger partial charge < -0.3 is 21.7 Å². The third-order valence-corrected chi connectivity index (χ3v) is 2.39. The van der Waals surface area contributed by atoms with Crippen molar-refractivity contribution in [3.8, 4) is 0 Å². The van der Waals surface area contributed by atoms with Crippen molar-refractivity contribution in [2.75, 3.05) is 12.3 Å². The van der Waals surface area contributed by atoms with Crippen molar-refractivity contribution >= 4 is 17.3 Å². The number of nitrogen functional groups attached to an aromatic ring is 1. The van der Waals surface area contributed by atoms with Gasteiger partial charge in [-0.2, -0.15) is 0 Å². The Labute approximate surface area is 87.1 Å². The van der Waals surface area contributed by atoms with Gasteiger partial charge in [-0.25, -0.2) is 0 Å². The molecule has 0 saturated heterocycles. The molecule has 0 aliphatic carbocycles. The fraction of sp³-hybridized carbons (Fsp3) is 0.333. The average molecular weight is 217 g/mol. The van der Waals surface area contributed by atoms with E-state index in [0.717, 1.165) is 0 Å². The molecular weight excluding hydrogens is 204 g/mol. The highest BCUT2D eigenvalue weighted by atomic mass is 35.5. The number of benzene rings is 1. The molecule has 0 spiro atoms. The summed E-state index contributed by atoms with van der Waals surface area (Å²) < 4.78 is 0. The van der Waals surface area contributed by atoms with Crippen LogP contribution in [0.2, 0.25) is 5.02 Å². The number of anilines is 1. The smallest absolute Gasteiger partial charge is 0.0685 e. The second-order valence-corrected chi connectivity index (χ2v) is 3.39. The third kappa shape index (κ3) is 1.99. The molecule has 14 heavy (non-hydrogen) atoms. The lowest BCUT2D eigenvalue weighted by molar-refractivity contribution is 0.259. The van der Waals surface area contributed by atoms with Crippen molar-refractivity contribution in [3.63, 3.8) is 0 Å². The predicted molar refractivity (Wildman–Crippen MR) is 55.8 cm³/mol. The van der Waals surface area contributed by atoms with E-state index in [4.69, 9.17) is 33.3 Å². The zero-order chi connectivity index (χ0) is 10.7. The minimum absolute atomic E-state index is 0.176. The molecule has 1 aromatic rings. The number of nitrogens with two attached hydrogens (primary N) is 2. The summed E-state index contributed by atoms with van der Waals surface area (Å²) in [5.41, 5.74) is 12.8. The summed E-state index contributed by atoms with van der Waals surface area (Å²) in [6, 6.07) is 2.62. The molecule has 0 saturated carbocycles. The van der Waals surface area contributed by atoms with Gasteiger partial charge in [0.05, 0.1) is 30.0 Å². The van der Waals surface area contributed by atoms with Crippen LogP contribution >= 0.6 is 11.6 Å². The van der Waals surface area contributed by atoms with Crippen LogP contribution < -0.4 is 11.5 Å². The van der Waals surface area contributed by atoms with Crippen LogP contribution in [-0.2, 0) is 6.61 Å². The number of aliphatic hydroxyl groups is 2. The molecule has 5 heteroatoms. The summed E-state index contributed by atoms with van der Waals surface area (Å²) in [7, 11) is 0. The summed E-state index contributed by atoms with van der Waals surface area (Å²) in [5, 5.41) is 18.3. The minimum atomic E-state index is -0.615. The van der Waals surface area contributed by atoms with E-state index in [-0.39, 0.29) is 13.2 Å². The summed E-state index contributed by atoms with van der Waals surface area (Å²) >= 11 is 5.80. The number of rotatable bonds is 3. The molecular formula is C9H13ClN2O2. The van der Waals surface area contributed by atoms with Crippen LogP contribution in [-0.4, -0.2) is 16.8 Å². The summed E-state index contributed by atoms with van der Waals surface area (Å²) in [4.78, 5) is 0. The third-order valence-electron chi connectivity index (χ3n) is 2.06. The van der Waals surface area contributed by atoms with Gasteiger partial charge in [-0.15, -0.1) is 0 Å². The van der Waals surface area contributed by atoms with Crippen LogP contribution in [0.4, 0.5) is 5.69 Å². The molecule has 0 aliphatic rings.